The van der Waals surface area contributed by atoms with Gasteiger partial charge in [-0.25, -0.2) is 26.9 Å². The number of aromatic nitrogens is 2. The number of ether oxygens (including phenoxy) is 1. The lowest BCUT2D eigenvalue weighted by Gasteiger charge is -2.09. The fourth-order valence-corrected chi connectivity index (χ4v) is 3.82. The highest BCUT2D eigenvalue weighted by molar-refractivity contribution is 7.90. The van der Waals surface area contributed by atoms with Crippen molar-refractivity contribution in [2.45, 2.75) is 4.90 Å². The van der Waals surface area contributed by atoms with Crippen molar-refractivity contribution in [3.63, 3.8) is 0 Å². The summed E-state index contributed by atoms with van der Waals surface area (Å²) >= 11 is 5.90. The minimum absolute atomic E-state index is 0.125. The van der Waals surface area contributed by atoms with E-state index in [1.54, 1.807) is 0 Å². The van der Waals surface area contributed by atoms with Gasteiger partial charge in [0.15, 0.2) is 0 Å². The number of imidazole rings is 1. The van der Waals surface area contributed by atoms with E-state index in [2.05, 4.69) is 9.97 Å². The third-order valence-electron chi connectivity index (χ3n) is 3.67. The van der Waals surface area contributed by atoms with Crippen LogP contribution in [-0.2, 0) is 10.0 Å². The molecule has 2 aromatic carbocycles. The second kappa shape index (κ2) is 7.56. The van der Waals surface area contributed by atoms with Gasteiger partial charge in [-0.1, -0.05) is 17.7 Å². The first kappa shape index (κ1) is 19.8. The van der Waals surface area contributed by atoms with Gasteiger partial charge in [-0.15, -0.1) is 0 Å². The number of hydrogen-bond acceptors (Lipinski definition) is 5. The second-order valence-electron chi connectivity index (χ2n) is 5.47. The molecule has 2 N–H and O–H groups in total. The van der Waals surface area contributed by atoms with Crippen LogP contribution < -0.4 is 9.46 Å². The molecule has 0 atom stereocenters. The van der Waals surface area contributed by atoms with Gasteiger partial charge in [0.1, 0.15) is 33.8 Å². The van der Waals surface area contributed by atoms with Crippen molar-refractivity contribution in [2.24, 2.45) is 0 Å². The summed E-state index contributed by atoms with van der Waals surface area (Å²) in [6.07, 6.45) is 0.958. The quantitative estimate of drug-likeness (QED) is 0.651. The number of hydrogen-bond donors (Lipinski definition) is 2. The van der Waals surface area contributed by atoms with E-state index in [1.165, 1.54) is 25.3 Å². The number of H-pyrrole nitrogens is 1. The van der Waals surface area contributed by atoms with Crippen molar-refractivity contribution in [3.05, 3.63) is 64.9 Å². The Balaban J connectivity index is 1.89. The maximum Gasteiger partial charge on any atom is 0.283 e. The molecule has 1 aromatic heterocycles. The zero-order valence-electron chi connectivity index (χ0n) is 14.2. The molecular weight excluding hydrogens is 416 g/mol. The molecule has 0 saturated heterocycles. The molecule has 0 spiro atoms. The van der Waals surface area contributed by atoms with Gasteiger partial charge in [-0.3, -0.25) is 4.79 Å². The van der Waals surface area contributed by atoms with Gasteiger partial charge in [0.25, 0.3) is 15.9 Å². The molecule has 0 saturated carbocycles. The van der Waals surface area contributed by atoms with Gasteiger partial charge in [0.2, 0.25) is 0 Å². The molecule has 0 aliphatic carbocycles. The average Bonchev–Trinajstić information content (AvgIpc) is 3.11. The van der Waals surface area contributed by atoms with Crippen LogP contribution in [0.4, 0.5) is 8.78 Å². The number of carbonyl (C=O) groups is 1. The number of rotatable bonds is 5. The van der Waals surface area contributed by atoms with E-state index >= 15 is 0 Å². The van der Waals surface area contributed by atoms with Gasteiger partial charge in [0, 0.05) is 6.07 Å². The van der Waals surface area contributed by atoms with Crippen LogP contribution in [0.25, 0.3) is 11.4 Å². The maximum atomic E-state index is 13.8. The number of carbonyl (C=O) groups excluding carboxylic acids is 1. The SMILES string of the molecule is COc1ccc(Cl)c(S(=O)(=O)NC(=O)c2cnc(-c3c(F)cccc3F)[nH]2)c1. The Kier molecular flexibility index (Phi) is 5.34. The number of methoxy groups -OCH3 is 1. The summed E-state index contributed by atoms with van der Waals surface area (Å²) in [5.74, 6) is -2.92. The largest absolute Gasteiger partial charge is 0.497 e. The number of aromatic amines is 1. The van der Waals surface area contributed by atoms with E-state index in [4.69, 9.17) is 16.3 Å². The number of benzene rings is 2. The Morgan fingerprint density at radius 3 is 2.54 bits per heavy atom. The predicted molar refractivity (Wildman–Crippen MR) is 96.6 cm³/mol. The van der Waals surface area contributed by atoms with Gasteiger partial charge in [0.05, 0.1) is 23.9 Å². The lowest BCUT2D eigenvalue weighted by Crippen LogP contribution is -2.31. The van der Waals surface area contributed by atoms with Crippen LogP contribution in [0.3, 0.4) is 0 Å². The molecule has 0 unspecified atom stereocenters. The summed E-state index contributed by atoms with van der Waals surface area (Å²) in [6, 6.07) is 7.12. The average molecular weight is 428 g/mol. The standard InChI is InChI=1S/C17H12ClF2N3O4S/c1-27-9-5-6-10(18)14(7-9)28(25,26)23-17(24)13-8-21-16(22-13)15-11(19)3-2-4-12(15)20/h2-8H,1H3,(H,21,22)(H,23,24). The van der Waals surface area contributed by atoms with Gasteiger partial charge in [-0.2, -0.15) is 0 Å². The van der Waals surface area contributed by atoms with Gasteiger partial charge in [-0.05, 0) is 24.3 Å². The lowest BCUT2D eigenvalue weighted by atomic mass is 10.2. The Hall–Kier alpha value is -2.98. The lowest BCUT2D eigenvalue weighted by molar-refractivity contribution is 0.0977. The van der Waals surface area contributed by atoms with Crippen molar-refractivity contribution >= 4 is 27.5 Å². The molecule has 1 heterocycles. The van der Waals surface area contributed by atoms with Crippen LogP contribution in [0, 0.1) is 11.6 Å². The van der Waals surface area contributed by atoms with E-state index in [1.807, 2.05) is 4.72 Å². The molecular formula is C17H12ClF2N3O4S. The normalized spacial score (nSPS) is 11.3. The van der Waals surface area contributed by atoms with Crippen molar-refractivity contribution in [1.29, 1.82) is 0 Å². The first-order valence-electron chi connectivity index (χ1n) is 7.63. The van der Waals surface area contributed by atoms with Gasteiger partial charge < -0.3 is 9.72 Å². The number of amides is 1. The van der Waals surface area contributed by atoms with Crippen LogP contribution in [0.5, 0.6) is 5.75 Å². The number of nitrogens with one attached hydrogen (secondary N) is 2. The van der Waals surface area contributed by atoms with Crippen LogP contribution in [-0.4, -0.2) is 31.4 Å². The Morgan fingerprint density at radius 2 is 1.89 bits per heavy atom. The summed E-state index contributed by atoms with van der Waals surface area (Å²) in [4.78, 5) is 18.1. The van der Waals surface area contributed by atoms with Crippen LogP contribution >= 0.6 is 11.6 Å². The first-order valence-corrected chi connectivity index (χ1v) is 9.49. The van der Waals surface area contributed by atoms with E-state index in [0.717, 1.165) is 24.4 Å². The minimum Gasteiger partial charge on any atom is -0.497 e. The van der Waals surface area contributed by atoms with E-state index in [-0.39, 0.29) is 27.2 Å². The smallest absolute Gasteiger partial charge is 0.283 e. The zero-order valence-corrected chi connectivity index (χ0v) is 15.7. The third-order valence-corrected chi connectivity index (χ3v) is 5.49. The Labute approximate surface area is 163 Å². The highest BCUT2D eigenvalue weighted by Gasteiger charge is 2.24. The molecule has 0 aliphatic heterocycles. The molecule has 3 aromatic rings. The predicted octanol–water partition coefficient (Wildman–Crippen LogP) is 3.14. The van der Waals surface area contributed by atoms with Gasteiger partial charge >= 0.3 is 0 Å². The van der Waals surface area contributed by atoms with Crippen molar-refractivity contribution in [1.82, 2.24) is 14.7 Å². The first-order chi connectivity index (χ1) is 13.2. The molecule has 0 bridgehead atoms. The summed E-state index contributed by atoms with van der Waals surface area (Å²) in [5, 5.41) is -0.125. The number of sulfonamides is 1. The van der Waals surface area contributed by atoms with E-state index in [9.17, 15) is 22.0 Å². The van der Waals surface area contributed by atoms with Crippen molar-refractivity contribution < 1.29 is 26.7 Å². The molecule has 7 nitrogen and oxygen atoms in total. The maximum absolute atomic E-state index is 13.8. The molecule has 3 rings (SSSR count). The number of nitrogens with zero attached hydrogens (tertiary/aromatic N) is 1. The molecule has 146 valence electrons. The molecule has 1 amide bonds. The zero-order chi connectivity index (χ0) is 20.5. The summed E-state index contributed by atoms with van der Waals surface area (Å²) < 4.78 is 59.3. The van der Waals surface area contributed by atoms with Crippen LogP contribution in [0.15, 0.2) is 47.5 Å². The third kappa shape index (κ3) is 3.82. The Morgan fingerprint density at radius 1 is 1.21 bits per heavy atom. The minimum atomic E-state index is -4.35. The summed E-state index contributed by atoms with van der Waals surface area (Å²) in [7, 11) is -3.01. The second-order valence-corrected chi connectivity index (χ2v) is 7.53. The van der Waals surface area contributed by atoms with Crippen LogP contribution in [0.2, 0.25) is 5.02 Å². The molecule has 28 heavy (non-hydrogen) atoms. The van der Waals surface area contributed by atoms with Crippen molar-refractivity contribution in [3.8, 4) is 17.1 Å². The number of halogens is 3. The van der Waals surface area contributed by atoms with Crippen LogP contribution in [0.1, 0.15) is 10.5 Å². The molecule has 0 aliphatic rings. The highest BCUT2D eigenvalue weighted by atomic mass is 35.5. The van der Waals surface area contributed by atoms with Crippen molar-refractivity contribution in [2.75, 3.05) is 7.11 Å². The molecule has 11 heteroatoms. The topological polar surface area (TPSA) is 101 Å². The monoisotopic (exact) mass is 427 g/mol. The van der Waals surface area contributed by atoms with E-state index < -0.39 is 33.1 Å². The van der Waals surface area contributed by atoms with E-state index in [0.29, 0.717) is 0 Å². The molecule has 0 fully saturated rings. The fourth-order valence-electron chi connectivity index (χ4n) is 2.34. The summed E-state index contributed by atoms with van der Waals surface area (Å²) in [5.41, 5.74) is -0.791. The highest BCUT2D eigenvalue weighted by Crippen LogP contribution is 2.26. The Bertz CT molecular complexity index is 1140. The molecule has 0 radical (unpaired) electrons. The fraction of sp³-hybridized carbons (Fsp3) is 0.0588. The summed E-state index contributed by atoms with van der Waals surface area (Å²) in [6.45, 7) is 0.